The van der Waals surface area contributed by atoms with E-state index in [1.807, 2.05) is 6.92 Å². The van der Waals surface area contributed by atoms with E-state index in [-0.39, 0.29) is 11.7 Å². The number of hydrogen-bond acceptors (Lipinski definition) is 4. The minimum Gasteiger partial charge on any atom is -0.409 e. The van der Waals surface area contributed by atoms with Crippen LogP contribution in [0.4, 0.5) is 0 Å². The number of nitrogens with zero attached hydrogens (tertiary/aromatic N) is 1. The van der Waals surface area contributed by atoms with Gasteiger partial charge in [-0.05, 0) is 19.3 Å². The second-order valence-corrected chi connectivity index (χ2v) is 4.91. The highest BCUT2D eigenvalue weighted by molar-refractivity contribution is 6.01. The highest BCUT2D eigenvalue weighted by Crippen LogP contribution is 2.19. The molecule has 0 saturated heterocycles. The van der Waals surface area contributed by atoms with E-state index in [0.29, 0.717) is 25.7 Å². The third-order valence-corrected chi connectivity index (χ3v) is 3.50. The normalized spacial score (nSPS) is 19.1. The fraction of sp³-hybridized carbons (Fsp3) is 0.846. The lowest BCUT2D eigenvalue weighted by molar-refractivity contribution is -0.123. The van der Waals surface area contributed by atoms with Gasteiger partial charge >= 0.3 is 0 Å². The highest BCUT2D eigenvalue weighted by Gasteiger charge is 2.20. The highest BCUT2D eigenvalue weighted by atomic mass is 16.5. The number of oxime groups is 1. The Labute approximate surface area is 114 Å². The van der Waals surface area contributed by atoms with Crippen LogP contribution < -0.4 is 11.1 Å². The number of nitrogens with two attached hydrogens (primary N) is 1. The van der Waals surface area contributed by atoms with Gasteiger partial charge in [0, 0.05) is 6.54 Å². The van der Waals surface area contributed by atoms with Gasteiger partial charge in [-0.3, -0.25) is 4.79 Å². The molecule has 1 saturated carbocycles. The number of carbonyl (C=O) groups excluding carboxylic acids is 1. The van der Waals surface area contributed by atoms with Gasteiger partial charge in [0.05, 0.1) is 18.6 Å². The van der Waals surface area contributed by atoms with Gasteiger partial charge in [-0.25, -0.2) is 0 Å². The molecule has 0 spiro atoms. The predicted molar refractivity (Wildman–Crippen MR) is 73.0 cm³/mol. The molecular formula is C13H25N3O3. The summed E-state index contributed by atoms with van der Waals surface area (Å²) in [6, 6.07) is 0. The fourth-order valence-electron chi connectivity index (χ4n) is 2.35. The van der Waals surface area contributed by atoms with E-state index in [9.17, 15) is 4.79 Å². The molecule has 1 aliphatic rings. The number of ether oxygens (including phenoxy) is 1. The zero-order valence-corrected chi connectivity index (χ0v) is 11.6. The zero-order chi connectivity index (χ0) is 14.1. The summed E-state index contributed by atoms with van der Waals surface area (Å²) in [5.41, 5.74) is 5.46. The van der Waals surface area contributed by atoms with E-state index >= 15 is 0 Å². The SMILES string of the molecule is CCC(C(=O)NCCOC1CCCCC1)C(N)=NO. The number of amides is 1. The number of rotatable bonds is 7. The molecule has 110 valence electrons. The molecule has 1 rings (SSSR count). The van der Waals surface area contributed by atoms with Crippen LogP contribution in [0.5, 0.6) is 0 Å². The van der Waals surface area contributed by atoms with Crippen molar-refractivity contribution in [2.45, 2.75) is 51.6 Å². The molecule has 6 heteroatoms. The predicted octanol–water partition coefficient (Wildman–Crippen LogP) is 1.22. The van der Waals surface area contributed by atoms with Gasteiger partial charge in [0.2, 0.25) is 5.91 Å². The molecule has 4 N–H and O–H groups in total. The lowest BCUT2D eigenvalue weighted by atomic mass is 9.98. The molecule has 1 fully saturated rings. The minimum absolute atomic E-state index is 0.0480. The van der Waals surface area contributed by atoms with Gasteiger partial charge in [0.1, 0.15) is 0 Å². The monoisotopic (exact) mass is 271 g/mol. The summed E-state index contributed by atoms with van der Waals surface area (Å²) in [6.45, 7) is 2.80. The van der Waals surface area contributed by atoms with Crippen LogP contribution in [0.25, 0.3) is 0 Å². The first-order chi connectivity index (χ1) is 9.19. The molecule has 1 unspecified atom stereocenters. The maximum Gasteiger partial charge on any atom is 0.230 e. The Balaban J connectivity index is 2.18. The van der Waals surface area contributed by atoms with Crippen LogP contribution in [0, 0.1) is 5.92 Å². The van der Waals surface area contributed by atoms with Crippen LogP contribution in [-0.4, -0.2) is 36.2 Å². The first kappa shape index (κ1) is 15.8. The summed E-state index contributed by atoms with van der Waals surface area (Å²) >= 11 is 0. The van der Waals surface area contributed by atoms with Crippen molar-refractivity contribution >= 4 is 11.7 Å². The maximum absolute atomic E-state index is 11.8. The first-order valence-corrected chi connectivity index (χ1v) is 7.05. The Morgan fingerprint density at radius 2 is 2.16 bits per heavy atom. The van der Waals surface area contributed by atoms with Crippen LogP contribution in [0.1, 0.15) is 45.4 Å². The van der Waals surface area contributed by atoms with Crippen molar-refractivity contribution in [3.05, 3.63) is 0 Å². The van der Waals surface area contributed by atoms with Gasteiger partial charge in [0.15, 0.2) is 5.84 Å². The number of amidine groups is 1. The second kappa shape index (κ2) is 8.74. The van der Waals surface area contributed by atoms with E-state index in [1.165, 1.54) is 19.3 Å². The van der Waals surface area contributed by atoms with Crippen LogP contribution in [0.3, 0.4) is 0 Å². The maximum atomic E-state index is 11.8. The molecule has 0 aromatic heterocycles. The number of nitrogens with one attached hydrogen (secondary N) is 1. The third-order valence-electron chi connectivity index (χ3n) is 3.50. The van der Waals surface area contributed by atoms with Crippen LogP contribution in [0.15, 0.2) is 5.16 Å². The Kier molecular flexibility index (Phi) is 7.25. The Bertz CT molecular complexity index is 302. The largest absolute Gasteiger partial charge is 0.409 e. The molecule has 1 amide bonds. The van der Waals surface area contributed by atoms with E-state index < -0.39 is 5.92 Å². The molecule has 0 aromatic rings. The smallest absolute Gasteiger partial charge is 0.230 e. The van der Waals surface area contributed by atoms with Gasteiger partial charge in [-0.1, -0.05) is 31.3 Å². The second-order valence-electron chi connectivity index (χ2n) is 4.91. The van der Waals surface area contributed by atoms with Crippen molar-refractivity contribution in [2.75, 3.05) is 13.2 Å². The first-order valence-electron chi connectivity index (χ1n) is 7.05. The van der Waals surface area contributed by atoms with E-state index in [2.05, 4.69) is 10.5 Å². The molecule has 19 heavy (non-hydrogen) atoms. The molecule has 1 atom stereocenters. The zero-order valence-electron chi connectivity index (χ0n) is 11.6. The third kappa shape index (κ3) is 5.46. The molecule has 0 aromatic carbocycles. The topological polar surface area (TPSA) is 96.9 Å². The standard InChI is InChI=1S/C13H25N3O3/c1-2-11(12(14)16-18)13(17)15-8-9-19-10-6-4-3-5-7-10/h10-11,18H,2-9H2,1H3,(H2,14,16)(H,15,17). The molecule has 0 heterocycles. The van der Waals surface area contributed by atoms with Crippen LogP contribution >= 0.6 is 0 Å². The van der Waals surface area contributed by atoms with Crippen molar-refractivity contribution in [2.24, 2.45) is 16.8 Å². The Morgan fingerprint density at radius 1 is 1.47 bits per heavy atom. The van der Waals surface area contributed by atoms with Crippen molar-refractivity contribution in [1.82, 2.24) is 5.32 Å². The summed E-state index contributed by atoms with van der Waals surface area (Å²) in [6.07, 6.45) is 6.86. The van der Waals surface area contributed by atoms with E-state index in [1.54, 1.807) is 0 Å². The van der Waals surface area contributed by atoms with E-state index in [4.69, 9.17) is 15.7 Å². The van der Waals surface area contributed by atoms with E-state index in [0.717, 1.165) is 12.8 Å². The summed E-state index contributed by atoms with van der Waals surface area (Å²) in [5.74, 6) is -0.835. The minimum atomic E-state index is -0.570. The summed E-state index contributed by atoms with van der Waals surface area (Å²) in [5, 5.41) is 14.2. The van der Waals surface area contributed by atoms with Crippen LogP contribution in [0.2, 0.25) is 0 Å². The van der Waals surface area contributed by atoms with Crippen molar-refractivity contribution < 1.29 is 14.7 Å². The molecule has 0 aliphatic heterocycles. The Morgan fingerprint density at radius 3 is 2.74 bits per heavy atom. The average Bonchev–Trinajstić information content (AvgIpc) is 2.45. The molecule has 1 aliphatic carbocycles. The van der Waals surface area contributed by atoms with Crippen molar-refractivity contribution in [3.63, 3.8) is 0 Å². The number of hydrogen-bond donors (Lipinski definition) is 3. The molecular weight excluding hydrogens is 246 g/mol. The van der Waals surface area contributed by atoms with Crippen molar-refractivity contribution in [1.29, 1.82) is 0 Å². The van der Waals surface area contributed by atoms with Gasteiger partial charge in [-0.15, -0.1) is 0 Å². The van der Waals surface area contributed by atoms with Gasteiger partial charge < -0.3 is 21.0 Å². The molecule has 6 nitrogen and oxygen atoms in total. The van der Waals surface area contributed by atoms with Gasteiger partial charge in [0.25, 0.3) is 0 Å². The van der Waals surface area contributed by atoms with Crippen LogP contribution in [-0.2, 0) is 9.53 Å². The van der Waals surface area contributed by atoms with Crippen molar-refractivity contribution in [3.8, 4) is 0 Å². The lowest BCUT2D eigenvalue weighted by Gasteiger charge is -2.22. The summed E-state index contributed by atoms with van der Waals surface area (Å²) < 4.78 is 5.71. The van der Waals surface area contributed by atoms with Gasteiger partial charge in [-0.2, -0.15) is 0 Å². The molecule has 0 radical (unpaired) electrons. The lowest BCUT2D eigenvalue weighted by Crippen LogP contribution is -2.40. The summed E-state index contributed by atoms with van der Waals surface area (Å²) in [7, 11) is 0. The quantitative estimate of drug-likeness (QED) is 0.213. The Hall–Kier alpha value is -1.30. The fourth-order valence-corrected chi connectivity index (χ4v) is 2.35. The molecule has 0 bridgehead atoms. The average molecular weight is 271 g/mol. The number of carbonyl (C=O) groups is 1. The summed E-state index contributed by atoms with van der Waals surface area (Å²) in [4.78, 5) is 11.8.